The van der Waals surface area contributed by atoms with E-state index in [0.717, 1.165) is 30.8 Å². The Balaban J connectivity index is 1.47. The van der Waals surface area contributed by atoms with Crippen molar-refractivity contribution in [3.05, 3.63) is 52.9 Å². The molecule has 0 radical (unpaired) electrons. The Morgan fingerprint density at radius 2 is 1.88 bits per heavy atom. The minimum absolute atomic E-state index is 0.137. The molecule has 1 aromatic carbocycles. The number of hydrogen-bond acceptors (Lipinski definition) is 4. The first-order chi connectivity index (χ1) is 11.7. The first-order valence-electron chi connectivity index (χ1n) is 8.32. The van der Waals surface area contributed by atoms with E-state index in [4.69, 9.17) is 11.6 Å². The molecule has 0 spiro atoms. The van der Waals surface area contributed by atoms with Gasteiger partial charge >= 0.3 is 0 Å². The zero-order valence-corrected chi connectivity index (χ0v) is 14.2. The van der Waals surface area contributed by atoms with Crippen LogP contribution >= 0.6 is 11.6 Å². The van der Waals surface area contributed by atoms with Crippen LogP contribution < -0.4 is 10.6 Å². The van der Waals surface area contributed by atoms with Crippen molar-refractivity contribution in [2.24, 2.45) is 0 Å². The summed E-state index contributed by atoms with van der Waals surface area (Å²) in [6.45, 7) is 0.740. The van der Waals surface area contributed by atoms with Gasteiger partial charge in [-0.3, -0.25) is 4.79 Å². The molecule has 24 heavy (non-hydrogen) atoms. The summed E-state index contributed by atoms with van der Waals surface area (Å²) in [5.41, 5.74) is 1.57. The molecule has 0 unspecified atom stereocenters. The van der Waals surface area contributed by atoms with Crippen LogP contribution in [0.2, 0.25) is 5.02 Å². The summed E-state index contributed by atoms with van der Waals surface area (Å²) in [6, 6.07) is 8.07. The topological polar surface area (TPSA) is 66.9 Å². The van der Waals surface area contributed by atoms with E-state index in [9.17, 15) is 4.79 Å². The maximum absolute atomic E-state index is 12.1. The molecular weight excluding hydrogens is 324 g/mol. The van der Waals surface area contributed by atoms with Gasteiger partial charge in [-0.05, 0) is 37.0 Å². The second kappa shape index (κ2) is 8.11. The van der Waals surface area contributed by atoms with Crippen LogP contribution in [-0.4, -0.2) is 28.5 Å². The molecule has 2 N–H and O–H groups in total. The Kier molecular flexibility index (Phi) is 5.64. The summed E-state index contributed by atoms with van der Waals surface area (Å²) in [6.07, 6.45) is 8.48. The SMILES string of the molecule is O=C(NC1CCCC1)c1cnc(NCCc2ccc(Cl)cc2)cn1. The molecule has 0 saturated heterocycles. The summed E-state index contributed by atoms with van der Waals surface area (Å²) in [7, 11) is 0. The third-order valence-electron chi connectivity index (χ3n) is 4.21. The van der Waals surface area contributed by atoms with Gasteiger partial charge in [-0.2, -0.15) is 0 Å². The molecule has 1 fully saturated rings. The quantitative estimate of drug-likeness (QED) is 0.842. The number of nitrogens with zero attached hydrogens (tertiary/aromatic N) is 2. The minimum atomic E-state index is -0.137. The van der Waals surface area contributed by atoms with Crippen LogP contribution in [0.4, 0.5) is 5.82 Å². The van der Waals surface area contributed by atoms with Crippen LogP contribution in [0.3, 0.4) is 0 Å². The first-order valence-corrected chi connectivity index (χ1v) is 8.70. The Morgan fingerprint density at radius 3 is 2.54 bits per heavy atom. The largest absolute Gasteiger partial charge is 0.368 e. The van der Waals surface area contributed by atoms with Crippen LogP contribution in [0.5, 0.6) is 0 Å². The maximum Gasteiger partial charge on any atom is 0.271 e. The number of amides is 1. The van der Waals surface area contributed by atoms with Crippen molar-refractivity contribution in [3.8, 4) is 0 Å². The van der Waals surface area contributed by atoms with E-state index in [1.807, 2.05) is 24.3 Å². The van der Waals surface area contributed by atoms with Gasteiger partial charge in [0.15, 0.2) is 0 Å². The number of carbonyl (C=O) groups is 1. The molecule has 1 amide bonds. The number of aromatic nitrogens is 2. The molecule has 6 heteroatoms. The standard InChI is InChI=1S/C18H21ClN4O/c19-14-7-5-13(6-8-14)9-10-20-17-12-21-16(11-22-17)18(24)23-15-3-1-2-4-15/h5-8,11-12,15H,1-4,9-10H2,(H,20,22)(H,23,24). The lowest BCUT2D eigenvalue weighted by Gasteiger charge is -2.11. The lowest BCUT2D eigenvalue weighted by atomic mass is 10.1. The second-order valence-electron chi connectivity index (χ2n) is 6.04. The van der Waals surface area contributed by atoms with E-state index in [1.54, 1.807) is 6.20 Å². The van der Waals surface area contributed by atoms with Crippen molar-refractivity contribution >= 4 is 23.3 Å². The second-order valence-corrected chi connectivity index (χ2v) is 6.48. The highest BCUT2D eigenvalue weighted by Gasteiger charge is 2.18. The first kappa shape index (κ1) is 16.7. The molecule has 0 bridgehead atoms. The third kappa shape index (κ3) is 4.68. The molecule has 3 rings (SSSR count). The summed E-state index contributed by atoms with van der Waals surface area (Å²) >= 11 is 5.87. The van der Waals surface area contributed by atoms with Gasteiger partial charge in [-0.25, -0.2) is 9.97 Å². The van der Waals surface area contributed by atoms with Gasteiger partial charge in [0.2, 0.25) is 0 Å². The van der Waals surface area contributed by atoms with Crippen molar-refractivity contribution in [2.75, 3.05) is 11.9 Å². The van der Waals surface area contributed by atoms with Crippen LogP contribution in [-0.2, 0) is 6.42 Å². The van der Waals surface area contributed by atoms with E-state index < -0.39 is 0 Å². The van der Waals surface area contributed by atoms with Gasteiger partial charge in [-0.15, -0.1) is 0 Å². The summed E-state index contributed by atoms with van der Waals surface area (Å²) < 4.78 is 0. The van der Waals surface area contributed by atoms with Gasteiger partial charge in [0.25, 0.3) is 5.91 Å². The predicted molar refractivity (Wildman–Crippen MR) is 95.4 cm³/mol. The molecule has 1 aromatic heterocycles. The number of halogens is 1. The van der Waals surface area contributed by atoms with Crippen molar-refractivity contribution in [1.82, 2.24) is 15.3 Å². The van der Waals surface area contributed by atoms with E-state index in [-0.39, 0.29) is 11.9 Å². The Hall–Kier alpha value is -2.14. The number of carbonyl (C=O) groups excluding carboxylic acids is 1. The smallest absolute Gasteiger partial charge is 0.271 e. The summed E-state index contributed by atoms with van der Waals surface area (Å²) in [4.78, 5) is 20.6. The van der Waals surface area contributed by atoms with Crippen molar-refractivity contribution in [2.45, 2.75) is 38.1 Å². The molecule has 2 aromatic rings. The van der Waals surface area contributed by atoms with Crippen LogP contribution in [0.25, 0.3) is 0 Å². The Morgan fingerprint density at radius 1 is 1.12 bits per heavy atom. The number of rotatable bonds is 6. The number of benzene rings is 1. The number of hydrogen-bond donors (Lipinski definition) is 2. The zero-order valence-electron chi connectivity index (χ0n) is 13.5. The van der Waals surface area contributed by atoms with Crippen LogP contribution in [0.15, 0.2) is 36.7 Å². The summed E-state index contributed by atoms with van der Waals surface area (Å²) in [5.74, 6) is 0.531. The fourth-order valence-corrected chi connectivity index (χ4v) is 2.98. The highest BCUT2D eigenvalue weighted by Crippen LogP contribution is 2.18. The molecule has 5 nitrogen and oxygen atoms in total. The van der Waals surface area contributed by atoms with Gasteiger partial charge in [0, 0.05) is 17.6 Å². The number of nitrogens with one attached hydrogen (secondary N) is 2. The molecular formula is C18H21ClN4O. The fourth-order valence-electron chi connectivity index (χ4n) is 2.85. The Bertz CT molecular complexity index is 666. The van der Waals surface area contributed by atoms with Crippen molar-refractivity contribution in [3.63, 3.8) is 0 Å². The normalized spacial score (nSPS) is 14.5. The van der Waals surface area contributed by atoms with Gasteiger partial charge < -0.3 is 10.6 Å². The highest BCUT2D eigenvalue weighted by molar-refractivity contribution is 6.30. The number of anilines is 1. The Labute approximate surface area is 146 Å². The molecule has 0 aliphatic heterocycles. The van der Waals surface area contributed by atoms with Gasteiger partial charge in [0.05, 0.1) is 12.4 Å². The van der Waals surface area contributed by atoms with E-state index >= 15 is 0 Å². The average molecular weight is 345 g/mol. The van der Waals surface area contributed by atoms with Crippen molar-refractivity contribution < 1.29 is 4.79 Å². The monoisotopic (exact) mass is 344 g/mol. The lowest BCUT2D eigenvalue weighted by molar-refractivity contribution is 0.0932. The van der Waals surface area contributed by atoms with Crippen LogP contribution in [0, 0.1) is 0 Å². The van der Waals surface area contributed by atoms with Gasteiger partial charge in [-0.1, -0.05) is 36.6 Å². The fraction of sp³-hybridized carbons (Fsp3) is 0.389. The predicted octanol–water partition coefficient (Wildman–Crippen LogP) is 3.46. The third-order valence-corrected chi connectivity index (χ3v) is 4.46. The van der Waals surface area contributed by atoms with E-state index in [1.165, 1.54) is 24.6 Å². The highest BCUT2D eigenvalue weighted by atomic mass is 35.5. The maximum atomic E-state index is 12.1. The average Bonchev–Trinajstić information content (AvgIpc) is 3.10. The minimum Gasteiger partial charge on any atom is -0.368 e. The lowest BCUT2D eigenvalue weighted by Crippen LogP contribution is -2.33. The molecule has 1 aliphatic rings. The molecule has 1 aliphatic carbocycles. The molecule has 126 valence electrons. The van der Waals surface area contributed by atoms with Crippen LogP contribution in [0.1, 0.15) is 41.7 Å². The zero-order chi connectivity index (χ0) is 16.8. The molecule has 1 heterocycles. The van der Waals surface area contributed by atoms with Gasteiger partial charge in [0.1, 0.15) is 11.5 Å². The molecule has 1 saturated carbocycles. The van der Waals surface area contributed by atoms with E-state index in [2.05, 4.69) is 20.6 Å². The van der Waals surface area contributed by atoms with E-state index in [0.29, 0.717) is 11.5 Å². The molecule has 0 atom stereocenters. The van der Waals surface area contributed by atoms with Crippen molar-refractivity contribution in [1.29, 1.82) is 0 Å². The summed E-state index contributed by atoms with van der Waals surface area (Å²) in [5, 5.41) is 6.96.